The van der Waals surface area contributed by atoms with Crippen molar-refractivity contribution in [3.8, 4) is 0 Å². The number of thiazole rings is 1. The standard InChI is InChI=1S/C5H5NO2S2/c1-2-3(4(7)8)6-5(9)10-2/h1H3,(H,6,9)(H,7,8). The third kappa shape index (κ3) is 1.25. The number of hydrogen-bond acceptors (Lipinski definition) is 3. The van der Waals surface area contributed by atoms with E-state index < -0.39 is 5.97 Å². The smallest absolute Gasteiger partial charge is 0.353 e. The molecule has 1 heterocycles. The zero-order valence-corrected chi connectivity index (χ0v) is 6.80. The summed E-state index contributed by atoms with van der Waals surface area (Å²) in [5.41, 5.74) is 0.204. The van der Waals surface area contributed by atoms with E-state index in [1.807, 2.05) is 0 Å². The number of aromatic nitrogens is 1. The lowest BCUT2D eigenvalue weighted by molar-refractivity contribution is 0.0690. The number of aromatic amines is 1. The summed E-state index contributed by atoms with van der Waals surface area (Å²) < 4.78 is 0.509. The molecule has 2 N–H and O–H groups in total. The Morgan fingerprint density at radius 1 is 1.80 bits per heavy atom. The Balaban J connectivity index is 3.28. The molecule has 0 aliphatic heterocycles. The van der Waals surface area contributed by atoms with Crippen molar-refractivity contribution < 1.29 is 9.90 Å². The highest BCUT2D eigenvalue weighted by atomic mass is 32.1. The summed E-state index contributed by atoms with van der Waals surface area (Å²) >= 11 is 6.02. The first kappa shape index (κ1) is 7.43. The van der Waals surface area contributed by atoms with Crippen molar-refractivity contribution in [3.63, 3.8) is 0 Å². The number of carbonyl (C=O) groups is 1. The number of H-pyrrole nitrogens is 1. The Bertz CT molecular complexity index is 312. The van der Waals surface area contributed by atoms with E-state index in [9.17, 15) is 4.79 Å². The summed E-state index contributed by atoms with van der Waals surface area (Å²) in [5.74, 6) is -0.954. The number of carboxylic acids is 1. The molecule has 1 aromatic rings. The molecule has 0 saturated carbocycles. The van der Waals surface area contributed by atoms with Gasteiger partial charge in [-0.05, 0) is 19.1 Å². The molecule has 0 unspecified atom stereocenters. The van der Waals surface area contributed by atoms with Gasteiger partial charge in [0, 0.05) is 4.88 Å². The van der Waals surface area contributed by atoms with E-state index >= 15 is 0 Å². The Morgan fingerprint density at radius 3 is 2.60 bits per heavy atom. The SMILES string of the molecule is Cc1sc(=S)[nH]c1C(=O)O. The highest BCUT2D eigenvalue weighted by Gasteiger charge is 2.08. The van der Waals surface area contributed by atoms with Gasteiger partial charge in [-0.25, -0.2) is 4.79 Å². The molecule has 0 spiro atoms. The van der Waals surface area contributed by atoms with Gasteiger partial charge in [-0.1, -0.05) is 0 Å². The topological polar surface area (TPSA) is 53.1 Å². The lowest BCUT2D eigenvalue weighted by Crippen LogP contribution is -1.97. The number of nitrogens with one attached hydrogen (secondary N) is 1. The summed E-state index contributed by atoms with van der Waals surface area (Å²) in [6.07, 6.45) is 0. The zero-order chi connectivity index (χ0) is 7.72. The molecule has 0 aliphatic rings. The number of aromatic carboxylic acids is 1. The van der Waals surface area contributed by atoms with Crippen molar-refractivity contribution in [2.45, 2.75) is 6.92 Å². The van der Waals surface area contributed by atoms with Crippen LogP contribution in [0.1, 0.15) is 15.4 Å². The summed E-state index contributed by atoms with van der Waals surface area (Å²) in [4.78, 5) is 13.7. The zero-order valence-electron chi connectivity index (χ0n) is 5.17. The predicted molar refractivity (Wildman–Crippen MR) is 41.2 cm³/mol. The highest BCUT2D eigenvalue weighted by molar-refractivity contribution is 7.73. The van der Waals surface area contributed by atoms with Crippen molar-refractivity contribution in [1.82, 2.24) is 4.98 Å². The average molecular weight is 175 g/mol. The van der Waals surface area contributed by atoms with Crippen LogP contribution in [0.3, 0.4) is 0 Å². The lowest BCUT2D eigenvalue weighted by atomic mass is 10.4. The fourth-order valence-corrected chi connectivity index (χ4v) is 1.76. The molecule has 0 aliphatic carbocycles. The second-order valence-corrected chi connectivity index (χ2v) is 3.64. The van der Waals surface area contributed by atoms with E-state index in [1.165, 1.54) is 11.3 Å². The molecule has 0 aromatic carbocycles. The van der Waals surface area contributed by atoms with Crippen molar-refractivity contribution in [3.05, 3.63) is 14.5 Å². The number of aryl methyl sites for hydroxylation is 1. The quantitative estimate of drug-likeness (QED) is 0.640. The maximum absolute atomic E-state index is 10.4. The van der Waals surface area contributed by atoms with Crippen LogP contribution in [0.2, 0.25) is 0 Å². The fraction of sp³-hybridized carbons (Fsp3) is 0.200. The number of carboxylic acid groups (broad SMARTS) is 1. The number of rotatable bonds is 1. The van der Waals surface area contributed by atoms with E-state index in [4.69, 9.17) is 17.3 Å². The van der Waals surface area contributed by atoms with E-state index in [2.05, 4.69) is 4.98 Å². The summed E-state index contributed by atoms with van der Waals surface area (Å²) in [6.45, 7) is 1.72. The minimum Gasteiger partial charge on any atom is -0.477 e. The predicted octanol–water partition coefficient (Wildman–Crippen LogP) is 1.81. The molecule has 0 radical (unpaired) electrons. The molecule has 54 valence electrons. The van der Waals surface area contributed by atoms with Crippen LogP contribution >= 0.6 is 23.6 Å². The molecule has 3 nitrogen and oxygen atoms in total. The van der Waals surface area contributed by atoms with Gasteiger partial charge in [0.15, 0.2) is 3.95 Å². The van der Waals surface area contributed by atoms with Crippen LogP contribution in [0.15, 0.2) is 0 Å². The maximum atomic E-state index is 10.4. The van der Waals surface area contributed by atoms with Gasteiger partial charge in [0.1, 0.15) is 5.69 Å². The Hall–Kier alpha value is -0.680. The second kappa shape index (κ2) is 2.51. The largest absolute Gasteiger partial charge is 0.477 e. The minimum atomic E-state index is -0.954. The van der Waals surface area contributed by atoms with E-state index in [0.29, 0.717) is 3.95 Å². The fourth-order valence-electron chi connectivity index (χ4n) is 0.610. The van der Waals surface area contributed by atoms with Crippen LogP contribution in [0.25, 0.3) is 0 Å². The summed E-state index contributed by atoms with van der Waals surface area (Å²) in [6, 6.07) is 0. The molecule has 5 heteroatoms. The number of hydrogen-bond donors (Lipinski definition) is 2. The van der Waals surface area contributed by atoms with Crippen LogP contribution < -0.4 is 0 Å². The van der Waals surface area contributed by atoms with Gasteiger partial charge in [-0.2, -0.15) is 0 Å². The average Bonchev–Trinajstić information content (AvgIpc) is 2.10. The monoisotopic (exact) mass is 175 g/mol. The van der Waals surface area contributed by atoms with Crippen LogP contribution in [0.5, 0.6) is 0 Å². The molecule has 0 fully saturated rings. The first-order chi connectivity index (χ1) is 4.61. The van der Waals surface area contributed by atoms with Crippen molar-refractivity contribution >= 4 is 29.5 Å². The van der Waals surface area contributed by atoms with Gasteiger partial charge in [-0.3, -0.25) is 0 Å². The normalized spacial score (nSPS) is 9.70. The maximum Gasteiger partial charge on any atom is 0.353 e. The van der Waals surface area contributed by atoms with Crippen LogP contribution in [0.4, 0.5) is 0 Å². The molecule has 1 aromatic heterocycles. The summed E-state index contributed by atoms with van der Waals surface area (Å²) in [5, 5.41) is 8.51. The van der Waals surface area contributed by atoms with Crippen LogP contribution in [-0.4, -0.2) is 16.1 Å². The Labute approximate surface area is 66.3 Å². The molecule has 0 bridgehead atoms. The first-order valence-corrected chi connectivity index (χ1v) is 3.76. The van der Waals surface area contributed by atoms with Gasteiger partial charge in [0.05, 0.1) is 0 Å². The van der Waals surface area contributed by atoms with Crippen LogP contribution in [0, 0.1) is 10.9 Å². The highest BCUT2D eigenvalue weighted by Crippen LogP contribution is 2.12. The van der Waals surface area contributed by atoms with E-state index in [1.54, 1.807) is 6.92 Å². The Morgan fingerprint density at radius 2 is 2.40 bits per heavy atom. The van der Waals surface area contributed by atoms with Crippen molar-refractivity contribution in [2.75, 3.05) is 0 Å². The van der Waals surface area contributed by atoms with E-state index in [0.717, 1.165) is 4.88 Å². The Kier molecular flexibility index (Phi) is 1.87. The summed E-state index contributed by atoms with van der Waals surface area (Å²) in [7, 11) is 0. The molecule has 10 heavy (non-hydrogen) atoms. The molecular weight excluding hydrogens is 170 g/mol. The van der Waals surface area contributed by atoms with E-state index in [-0.39, 0.29) is 5.69 Å². The lowest BCUT2D eigenvalue weighted by Gasteiger charge is -1.86. The van der Waals surface area contributed by atoms with Gasteiger partial charge in [-0.15, -0.1) is 11.3 Å². The van der Waals surface area contributed by atoms with Crippen LogP contribution in [-0.2, 0) is 0 Å². The van der Waals surface area contributed by atoms with Crippen molar-refractivity contribution in [1.29, 1.82) is 0 Å². The van der Waals surface area contributed by atoms with Gasteiger partial charge < -0.3 is 10.1 Å². The molecular formula is C5H5NO2S2. The van der Waals surface area contributed by atoms with Gasteiger partial charge >= 0.3 is 5.97 Å². The van der Waals surface area contributed by atoms with Gasteiger partial charge in [0.2, 0.25) is 0 Å². The van der Waals surface area contributed by atoms with Gasteiger partial charge in [0.25, 0.3) is 0 Å². The third-order valence-corrected chi connectivity index (χ3v) is 2.19. The second-order valence-electron chi connectivity index (χ2n) is 1.75. The molecule has 0 atom stereocenters. The molecule has 0 amide bonds. The third-order valence-electron chi connectivity index (χ3n) is 1.04. The molecule has 1 rings (SSSR count). The minimum absolute atomic E-state index is 0.204. The first-order valence-electron chi connectivity index (χ1n) is 2.54. The molecule has 0 saturated heterocycles. The van der Waals surface area contributed by atoms with Crippen molar-refractivity contribution in [2.24, 2.45) is 0 Å².